The Hall–Kier alpha value is -2.77. The molecule has 9 nitrogen and oxygen atoms in total. The smallest absolute Gasteiger partial charge is 0.347 e. The van der Waals surface area contributed by atoms with Crippen molar-refractivity contribution in [3.8, 4) is 0 Å². The Labute approximate surface area is 151 Å². The van der Waals surface area contributed by atoms with Crippen LogP contribution in [0.25, 0.3) is 0 Å². The Morgan fingerprint density at radius 1 is 1.12 bits per heavy atom. The summed E-state index contributed by atoms with van der Waals surface area (Å²) in [7, 11) is 1.47. The van der Waals surface area contributed by atoms with Crippen molar-refractivity contribution in [3.63, 3.8) is 0 Å². The Balaban J connectivity index is 1.40. The predicted molar refractivity (Wildman–Crippen MR) is 99.6 cm³/mol. The van der Waals surface area contributed by atoms with E-state index in [1.54, 1.807) is 12.4 Å². The molecule has 1 fully saturated rings. The van der Waals surface area contributed by atoms with Gasteiger partial charge < -0.3 is 4.90 Å². The van der Waals surface area contributed by atoms with Gasteiger partial charge in [-0.15, -0.1) is 0 Å². The van der Waals surface area contributed by atoms with Crippen LogP contribution in [0.5, 0.6) is 0 Å². The van der Waals surface area contributed by atoms with Gasteiger partial charge in [0.05, 0.1) is 6.20 Å². The van der Waals surface area contributed by atoms with Crippen LogP contribution in [0.4, 0.5) is 0 Å². The first kappa shape index (κ1) is 18.0. The van der Waals surface area contributed by atoms with E-state index in [1.165, 1.54) is 17.9 Å². The van der Waals surface area contributed by atoms with Crippen LogP contribution in [0, 0.1) is 0 Å². The molecule has 1 aromatic rings. The third-order valence-corrected chi connectivity index (χ3v) is 4.56. The minimum atomic E-state index is -0.376. The SMILES string of the molecule is Cn1c(=O)cnn(CCCCN2CCN(C3=NC=C=NC=C3)CC2)c1=O. The molecule has 26 heavy (non-hydrogen) atoms. The van der Waals surface area contributed by atoms with Gasteiger partial charge in [-0.3, -0.25) is 14.3 Å². The maximum atomic E-state index is 11.9. The van der Waals surface area contributed by atoms with Crippen LogP contribution < -0.4 is 11.2 Å². The van der Waals surface area contributed by atoms with Crippen LogP contribution in [-0.4, -0.2) is 68.6 Å². The second-order valence-electron chi connectivity index (χ2n) is 6.27. The fraction of sp³-hybridized carbons (Fsp3) is 0.529. The summed E-state index contributed by atoms with van der Waals surface area (Å²) in [5.41, 5.74) is -0.735. The van der Waals surface area contributed by atoms with E-state index >= 15 is 0 Å². The molecule has 0 N–H and O–H groups in total. The van der Waals surface area contributed by atoms with Crippen LogP contribution in [-0.2, 0) is 13.6 Å². The van der Waals surface area contributed by atoms with Crippen LogP contribution in [0.1, 0.15) is 12.8 Å². The average molecular weight is 357 g/mol. The minimum absolute atomic E-state index is 0.360. The number of aryl methyl sites for hydroxylation is 1. The molecule has 3 heterocycles. The molecular formula is C17H23N7O2. The number of aliphatic imine (C=N–C) groups is 2. The number of nitrogens with zero attached hydrogens (tertiary/aromatic N) is 7. The molecule has 3 rings (SSSR count). The molecule has 0 amide bonds. The van der Waals surface area contributed by atoms with Crippen LogP contribution in [0.2, 0.25) is 0 Å². The zero-order valence-corrected chi connectivity index (χ0v) is 14.9. The highest BCUT2D eigenvalue weighted by Crippen LogP contribution is 2.06. The van der Waals surface area contributed by atoms with Gasteiger partial charge in [0.25, 0.3) is 5.56 Å². The zero-order valence-electron chi connectivity index (χ0n) is 14.9. The molecule has 0 spiro atoms. The summed E-state index contributed by atoms with van der Waals surface area (Å²) in [5, 5.41) is 3.91. The average Bonchev–Trinajstić information content (AvgIpc) is 2.95. The lowest BCUT2D eigenvalue weighted by molar-refractivity contribution is 0.179. The molecule has 0 aromatic carbocycles. The first-order chi connectivity index (χ1) is 12.6. The number of hydrogen-bond donors (Lipinski definition) is 0. The number of hydrogen-bond acceptors (Lipinski definition) is 7. The molecule has 0 bridgehead atoms. The molecule has 0 atom stereocenters. The van der Waals surface area contributed by atoms with Gasteiger partial charge in [-0.2, -0.15) is 5.10 Å². The topological polar surface area (TPSA) is 88.1 Å². The second kappa shape index (κ2) is 8.55. The molecule has 9 heteroatoms. The summed E-state index contributed by atoms with van der Waals surface area (Å²) in [6.45, 7) is 5.34. The third-order valence-electron chi connectivity index (χ3n) is 4.56. The van der Waals surface area contributed by atoms with E-state index in [0.29, 0.717) is 6.54 Å². The van der Waals surface area contributed by atoms with Crippen LogP contribution in [0.15, 0.2) is 44.2 Å². The molecule has 2 aliphatic heterocycles. The monoisotopic (exact) mass is 357 g/mol. The second-order valence-corrected chi connectivity index (χ2v) is 6.27. The zero-order chi connectivity index (χ0) is 18.4. The summed E-state index contributed by atoms with van der Waals surface area (Å²) in [6, 6.07) is 0. The number of unbranched alkanes of at least 4 members (excludes halogenated alkanes) is 1. The first-order valence-electron chi connectivity index (χ1n) is 8.77. The molecule has 0 unspecified atom stereocenters. The molecule has 2 aliphatic rings. The summed E-state index contributed by atoms with van der Waals surface area (Å²) in [6.07, 6.45) is 8.23. The van der Waals surface area contributed by atoms with Crippen LogP contribution >= 0.6 is 0 Å². The van der Waals surface area contributed by atoms with Gasteiger partial charge in [0.15, 0.2) is 0 Å². The number of piperazine rings is 1. The maximum Gasteiger partial charge on any atom is 0.347 e. The van der Waals surface area contributed by atoms with Crippen molar-refractivity contribution in [3.05, 3.63) is 45.5 Å². The highest BCUT2D eigenvalue weighted by atomic mass is 16.2. The highest BCUT2D eigenvalue weighted by molar-refractivity contribution is 5.94. The molecule has 1 saturated heterocycles. The Morgan fingerprint density at radius 2 is 1.88 bits per heavy atom. The summed E-state index contributed by atoms with van der Waals surface area (Å²) in [5.74, 6) is 3.65. The molecule has 0 saturated carbocycles. The van der Waals surface area contributed by atoms with Gasteiger partial charge in [0, 0.05) is 51.8 Å². The van der Waals surface area contributed by atoms with E-state index in [9.17, 15) is 9.59 Å². The summed E-state index contributed by atoms with van der Waals surface area (Å²) < 4.78 is 2.43. The molecule has 1 aromatic heterocycles. The Bertz CT molecular complexity index is 866. The number of amidine groups is 1. The quantitative estimate of drug-likeness (QED) is 0.660. The first-order valence-corrected chi connectivity index (χ1v) is 8.77. The van der Waals surface area contributed by atoms with Crippen molar-refractivity contribution in [1.82, 2.24) is 24.1 Å². The van der Waals surface area contributed by atoms with Crippen molar-refractivity contribution in [2.24, 2.45) is 17.0 Å². The van der Waals surface area contributed by atoms with Gasteiger partial charge >= 0.3 is 5.69 Å². The lowest BCUT2D eigenvalue weighted by Gasteiger charge is -2.35. The van der Waals surface area contributed by atoms with Gasteiger partial charge in [0.1, 0.15) is 12.0 Å². The van der Waals surface area contributed by atoms with Gasteiger partial charge in [-0.05, 0) is 25.5 Å². The number of rotatable bonds is 5. The van der Waals surface area contributed by atoms with E-state index < -0.39 is 0 Å². The third kappa shape index (κ3) is 4.44. The maximum absolute atomic E-state index is 11.9. The minimum Gasteiger partial charge on any atom is -0.354 e. The van der Waals surface area contributed by atoms with Gasteiger partial charge in [-0.25, -0.2) is 19.5 Å². The normalized spacial score (nSPS) is 17.4. The highest BCUT2D eigenvalue weighted by Gasteiger charge is 2.18. The van der Waals surface area contributed by atoms with E-state index in [1.807, 2.05) is 6.08 Å². The van der Waals surface area contributed by atoms with Crippen molar-refractivity contribution in [2.45, 2.75) is 19.4 Å². The fourth-order valence-corrected chi connectivity index (χ4v) is 2.98. The van der Waals surface area contributed by atoms with E-state index in [2.05, 4.69) is 30.8 Å². The van der Waals surface area contributed by atoms with Crippen molar-refractivity contribution in [2.75, 3.05) is 32.7 Å². The Morgan fingerprint density at radius 3 is 2.69 bits per heavy atom. The van der Waals surface area contributed by atoms with Crippen molar-refractivity contribution < 1.29 is 0 Å². The lowest BCUT2D eigenvalue weighted by atomic mass is 10.2. The van der Waals surface area contributed by atoms with E-state index in [4.69, 9.17) is 0 Å². The van der Waals surface area contributed by atoms with Crippen molar-refractivity contribution >= 4 is 11.7 Å². The summed E-state index contributed by atoms with van der Waals surface area (Å²) in [4.78, 5) is 36.2. The molecule has 0 aliphatic carbocycles. The van der Waals surface area contributed by atoms with Gasteiger partial charge in [-0.1, -0.05) is 0 Å². The summed E-state index contributed by atoms with van der Waals surface area (Å²) >= 11 is 0. The van der Waals surface area contributed by atoms with Crippen LogP contribution in [0.3, 0.4) is 0 Å². The standard InChI is InChI=1S/C17H23N7O2/c1-21-16(25)14-20-24(17(21)26)9-3-2-8-22-10-12-23(13-11-22)15-4-5-18-6-7-19-15/h4-5,7,14H,2-3,8-13H2,1H3. The van der Waals surface area contributed by atoms with E-state index in [0.717, 1.165) is 56.0 Å². The molecule has 138 valence electrons. The largest absolute Gasteiger partial charge is 0.354 e. The molecule has 0 radical (unpaired) electrons. The van der Waals surface area contributed by atoms with Gasteiger partial charge in [0.2, 0.25) is 0 Å². The number of aromatic nitrogens is 3. The fourth-order valence-electron chi connectivity index (χ4n) is 2.98. The van der Waals surface area contributed by atoms with E-state index in [-0.39, 0.29) is 11.2 Å². The predicted octanol–water partition coefficient (Wildman–Crippen LogP) is -0.551. The lowest BCUT2D eigenvalue weighted by Crippen LogP contribution is -2.48. The Kier molecular flexibility index (Phi) is 5.93. The molecular weight excluding hydrogens is 334 g/mol. The van der Waals surface area contributed by atoms with Crippen molar-refractivity contribution in [1.29, 1.82) is 0 Å².